The predicted molar refractivity (Wildman–Crippen MR) is 113 cm³/mol. The maximum absolute atomic E-state index is 12.5. The molecule has 0 bridgehead atoms. The van der Waals surface area contributed by atoms with Crippen LogP contribution >= 0.6 is 0 Å². The number of nitrogens with two attached hydrogens (primary N) is 1. The molecule has 1 aromatic carbocycles. The Morgan fingerprint density at radius 2 is 2.16 bits per heavy atom. The first-order chi connectivity index (χ1) is 15.6. The van der Waals surface area contributed by atoms with Gasteiger partial charge in [-0.3, -0.25) is 5.10 Å². The minimum absolute atomic E-state index is 0.0151. The number of nitrogens with one attached hydrogen (secondary N) is 1. The zero-order chi connectivity index (χ0) is 22.7. The molecule has 32 heavy (non-hydrogen) atoms. The molecule has 1 atom stereocenters. The number of hydrogen-bond acceptors (Lipinski definition) is 8. The highest BCUT2D eigenvalue weighted by Crippen LogP contribution is 2.44. The summed E-state index contributed by atoms with van der Waals surface area (Å²) in [5.41, 5.74) is 8.72. The second kappa shape index (κ2) is 9.20. The van der Waals surface area contributed by atoms with E-state index in [0.29, 0.717) is 37.9 Å². The molecule has 2 aliphatic heterocycles. The number of ether oxygens (including phenoxy) is 4. The number of amides is 1. The van der Waals surface area contributed by atoms with E-state index in [4.69, 9.17) is 24.7 Å². The smallest absolute Gasteiger partial charge is 0.415 e. The van der Waals surface area contributed by atoms with E-state index in [1.165, 1.54) is 7.11 Å². The van der Waals surface area contributed by atoms with Gasteiger partial charge in [-0.05, 0) is 24.1 Å². The standard InChI is InChI=1S/C22H25N5O5/c1-3-4-15-19-18(14(12-23)20(24)32-21(19)26-25-15)13-5-6-16(17(11-13)29-2)31-22(28)27-7-9-30-10-8-27/h5-6,11,18H,3-4,7-10,24H2,1-2H3,(H,25,26)/t18-/m0/s1. The molecule has 10 heteroatoms. The lowest BCUT2D eigenvalue weighted by Gasteiger charge is -2.27. The van der Waals surface area contributed by atoms with Crippen molar-refractivity contribution in [3.8, 4) is 23.4 Å². The molecule has 4 rings (SSSR count). The number of carbonyl (C=O) groups excluding carboxylic acids is 1. The van der Waals surface area contributed by atoms with Gasteiger partial charge in [-0.1, -0.05) is 19.4 Å². The summed E-state index contributed by atoms with van der Waals surface area (Å²) in [5.74, 6) is 0.546. The van der Waals surface area contributed by atoms with Crippen LogP contribution in [0, 0.1) is 11.3 Å². The predicted octanol–water partition coefficient (Wildman–Crippen LogP) is 2.42. The van der Waals surface area contributed by atoms with E-state index in [-0.39, 0.29) is 17.2 Å². The molecule has 0 radical (unpaired) electrons. The Balaban J connectivity index is 1.69. The highest BCUT2D eigenvalue weighted by Gasteiger charge is 2.35. The fraction of sp³-hybridized carbons (Fsp3) is 0.409. The molecule has 1 saturated heterocycles. The third-order valence-corrected chi connectivity index (χ3v) is 5.51. The summed E-state index contributed by atoms with van der Waals surface area (Å²) in [6.07, 6.45) is 1.17. The molecule has 10 nitrogen and oxygen atoms in total. The van der Waals surface area contributed by atoms with Crippen molar-refractivity contribution in [2.75, 3.05) is 33.4 Å². The van der Waals surface area contributed by atoms with Gasteiger partial charge in [-0.15, -0.1) is 5.10 Å². The number of hydrogen-bond donors (Lipinski definition) is 2. The summed E-state index contributed by atoms with van der Waals surface area (Å²) in [4.78, 5) is 14.1. The minimum atomic E-state index is -0.484. The maximum Gasteiger partial charge on any atom is 0.415 e. The van der Waals surface area contributed by atoms with Crippen LogP contribution in [0.1, 0.15) is 36.1 Å². The SMILES string of the molecule is CCCc1[nH]nc2c1[C@@H](c1ccc(OC(=O)N3CCOCC3)c(OC)c1)C(C#N)=C(N)O2. The van der Waals surface area contributed by atoms with Crippen molar-refractivity contribution in [1.82, 2.24) is 15.1 Å². The van der Waals surface area contributed by atoms with Gasteiger partial charge in [0.25, 0.3) is 0 Å². The molecule has 0 saturated carbocycles. The van der Waals surface area contributed by atoms with E-state index in [0.717, 1.165) is 29.7 Å². The fourth-order valence-corrected chi connectivity index (χ4v) is 3.94. The van der Waals surface area contributed by atoms with Crippen LogP contribution in [-0.4, -0.2) is 54.6 Å². The van der Waals surface area contributed by atoms with Crippen LogP contribution in [0.3, 0.4) is 0 Å². The molecular weight excluding hydrogens is 414 g/mol. The van der Waals surface area contributed by atoms with Crippen molar-refractivity contribution in [1.29, 1.82) is 5.26 Å². The summed E-state index contributed by atoms with van der Waals surface area (Å²) in [7, 11) is 1.50. The van der Waals surface area contributed by atoms with Gasteiger partial charge in [-0.2, -0.15) is 5.26 Å². The number of aromatic nitrogens is 2. The number of allylic oxidation sites excluding steroid dienone is 1. The Kier molecular flexibility index (Phi) is 6.18. The number of rotatable bonds is 5. The van der Waals surface area contributed by atoms with Crippen LogP contribution in [0.15, 0.2) is 29.7 Å². The summed E-state index contributed by atoms with van der Waals surface area (Å²) in [6.45, 7) is 3.96. The number of methoxy groups -OCH3 is 1. The molecule has 1 amide bonds. The maximum atomic E-state index is 12.5. The van der Waals surface area contributed by atoms with Crippen molar-refractivity contribution in [2.24, 2.45) is 5.73 Å². The van der Waals surface area contributed by atoms with Gasteiger partial charge in [-0.25, -0.2) is 4.79 Å². The molecule has 168 valence electrons. The van der Waals surface area contributed by atoms with Gasteiger partial charge in [0.15, 0.2) is 11.5 Å². The van der Waals surface area contributed by atoms with E-state index in [2.05, 4.69) is 23.2 Å². The third kappa shape index (κ3) is 3.94. The number of nitrogens with zero attached hydrogens (tertiary/aromatic N) is 3. The number of aryl methyl sites for hydroxylation is 1. The minimum Gasteiger partial charge on any atom is -0.493 e. The van der Waals surface area contributed by atoms with Gasteiger partial charge in [0.1, 0.15) is 11.6 Å². The highest BCUT2D eigenvalue weighted by atomic mass is 16.6. The summed E-state index contributed by atoms with van der Waals surface area (Å²) >= 11 is 0. The second-order valence-electron chi connectivity index (χ2n) is 7.47. The average Bonchev–Trinajstić information content (AvgIpc) is 3.21. The number of morpholine rings is 1. The lowest BCUT2D eigenvalue weighted by atomic mass is 9.83. The van der Waals surface area contributed by atoms with E-state index >= 15 is 0 Å². The molecule has 3 N–H and O–H groups in total. The molecule has 3 heterocycles. The molecule has 0 unspecified atom stereocenters. The molecule has 1 fully saturated rings. The van der Waals surface area contributed by atoms with Crippen LogP contribution in [0.25, 0.3) is 0 Å². The van der Waals surface area contributed by atoms with Gasteiger partial charge in [0, 0.05) is 24.3 Å². The lowest BCUT2D eigenvalue weighted by Crippen LogP contribution is -2.42. The first kappa shape index (κ1) is 21.5. The molecule has 1 aromatic heterocycles. The largest absolute Gasteiger partial charge is 0.493 e. The number of nitriles is 1. The first-order valence-corrected chi connectivity index (χ1v) is 10.4. The monoisotopic (exact) mass is 439 g/mol. The molecular formula is C22H25N5O5. The normalized spacial score (nSPS) is 17.9. The van der Waals surface area contributed by atoms with Gasteiger partial charge in [0.05, 0.1) is 26.2 Å². The Labute approximate surface area is 185 Å². The fourth-order valence-electron chi connectivity index (χ4n) is 3.94. The van der Waals surface area contributed by atoms with Crippen LogP contribution in [0.4, 0.5) is 4.79 Å². The van der Waals surface area contributed by atoms with Crippen LogP contribution < -0.4 is 19.9 Å². The van der Waals surface area contributed by atoms with Crippen molar-refractivity contribution in [2.45, 2.75) is 25.7 Å². The average molecular weight is 439 g/mol. The quantitative estimate of drug-likeness (QED) is 0.725. The Hall–Kier alpha value is -3.71. The second-order valence-corrected chi connectivity index (χ2v) is 7.47. The van der Waals surface area contributed by atoms with E-state index < -0.39 is 12.0 Å². The van der Waals surface area contributed by atoms with Crippen LogP contribution in [-0.2, 0) is 11.2 Å². The summed E-state index contributed by atoms with van der Waals surface area (Å²) in [5, 5.41) is 17.0. The van der Waals surface area contributed by atoms with Gasteiger partial charge < -0.3 is 29.6 Å². The van der Waals surface area contributed by atoms with Crippen molar-refractivity contribution >= 4 is 6.09 Å². The number of carbonyl (C=O) groups is 1. The van der Waals surface area contributed by atoms with Gasteiger partial charge in [0.2, 0.25) is 11.8 Å². The first-order valence-electron chi connectivity index (χ1n) is 10.4. The molecule has 0 aliphatic carbocycles. The zero-order valence-electron chi connectivity index (χ0n) is 18.0. The van der Waals surface area contributed by atoms with Crippen molar-refractivity contribution in [3.05, 3.63) is 46.5 Å². The molecule has 2 aliphatic rings. The number of fused-ring (bicyclic) bond motifs is 1. The zero-order valence-corrected chi connectivity index (χ0v) is 18.0. The Morgan fingerprint density at radius 3 is 2.84 bits per heavy atom. The third-order valence-electron chi connectivity index (χ3n) is 5.51. The Morgan fingerprint density at radius 1 is 1.38 bits per heavy atom. The van der Waals surface area contributed by atoms with Crippen LogP contribution in [0.5, 0.6) is 17.4 Å². The molecule has 0 spiro atoms. The van der Waals surface area contributed by atoms with E-state index in [1.54, 1.807) is 23.1 Å². The number of benzene rings is 1. The van der Waals surface area contributed by atoms with E-state index in [1.807, 2.05) is 0 Å². The molecule has 2 aromatic rings. The van der Waals surface area contributed by atoms with Gasteiger partial charge >= 0.3 is 6.09 Å². The topological polar surface area (TPSA) is 136 Å². The number of H-pyrrole nitrogens is 1. The van der Waals surface area contributed by atoms with Crippen molar-refractivity contribution < 1.29 is 23.7 Å². The lowest BCUT2D eigenvalue weighted by molar-refractivity contribution is 0.0413. The van der Waals surface area contributed by atoms with E-state index in [9.17, 15) is 10.1 Å². The number of aromatic amines is 1. The summed E-state index contributed by atoms with van der Waals surface area (Å²) in [6, 6.07) is 7.37. The summed E-state index contributed by atoms with van der Waals surface area (Å²) < 4.78 is 21.9. The van der Waals surface area contributed by atoms with Crippen LogP contribution in [0.2, 0.25) is 0 Å². The highest BCUT2D eigenvalue weighted by molar-refractivity contribution is 5.72. The Bertz CT molecular complexity index is 1080. The van der Waals surface area contributed by atoms with Crippen molar-refractivity contribution in [3.63, 3.8) is 0 Å².